The number of aromatic nitrogens is 3. The molecule has 1 amide bonds. The van der Waals surface area contributed by atoms with Crippen LogP contribution >= 0.6 is 0 Å². The van der Waals surface area contributed by atoms with E-state index in [4.69, 9.17) is 9.26 Å². The monoisotopic (exact) mass is 374 g/mol. The number of morpholine rings is 1. The molecule has 0 aliphatic carbocycles. The van der Waals surface area contributed by atoms with Crippen molar-refractivity contribution in [1.82, 2.24) is 20.4 Å². The van der Waals surface area contributed by atoms with Crippen LogP contribution in [0.25, 0.3) is 0 Å². The molecule has 2 aromatic heterocycles. The van der Waals surface area contributed by atoms with E-state index < -0.39 is 0 Å². The van der Waals surface area contributed by atoms with Crippen molar-refractivity contribution in [2.75, 3.05) is 49.6 Å². The Morgan fingerprint density at radius 3 is 2.67 bits per heavy atom. The van der Waals surface area contributed by atoms with Crippen LogP contribution in [0.2, 0.25) is 0 Å². The quantitative estimate of drug-likeness (QED) is 0.692. The molecule has 0 saturated carbocycles. The average Bonchev–Trinajstić information content (AvgIpc) is 2.97. The van der Waals surface area contributed by atoms with E-state index in [0.717, 1.165) is 35.9 Å². The van der Waals surface area contributed by atoms with Crippen molar-refractivity contribution < 1.29 is 14.1 Å². The van der Waals surface area contributed by atoms with Gasteiger partial charge in [0.2, 0.25) is 11.9 Å². The van der Waals surface area contributed by atoms with E-state index in [2.05, 4.69) is 30.7 Å². The first-order valence-corrected chi connectivity index (χ1v) is 9.13. The van der Waals surface area contributed by atoms with E-state index in [1.165, 1.54) is 0 Å². The number of hydrogen-bond donors (Lipinski definition) is 2. The highest BCUT2D eigenvalue weighted by molar-refractivity contribution is 5.79. The molecule has 9 heteroatoms. The van der Waals surface area contributed by atoms with Crippen LogP contribution in [-0.2, 0) is 16.0 Å². The summed E-state index contributed by atoms with van der Waals surface area (Å²) in [5.41, 5.74) is 2.50. The van der Waals surface area contributed by atoms with E-state index in [1.54, 1.807) is 0 Å². The lowest BCUT2D eigenvalue weighted by molar-refractivity contribution is -0.120. The summed E-state index contributed by atoms with van der Waals surface area (Å²) in [4.78, 5) is 23.3. The molecule has 3 rings (SSSR count). The molecule has 1 aliphatic rings. The highest BCUT2D eigenvalue weighted by atomic mass is 16.5. The van der Waals surface area contributed by atoms with Crippen molar-refractivity contribution in [2.24, 2.45) is 0 Å². The van der Waals surface area contributed by atoms with Crippen molar-refractivity contribution >= 4 is 17.7 Å². The van der Waals surface area contributed by atoms with Crippen LogP contribution < -0.4 is 15.5 Å². The third-order valence-corrected chi connectivity index (χ3v) is 4.42. The number of nitrogens with one attached hydrogen (secondary N) is 2. The van der Waals surface area contributed by atoms with Crippen molar-refractivity contribution in [3.63, 3.8) is 0 Å². The van der Waals surface area contributed by atoms with Gasteiger partial charge in [-0.1, -0.05) is 5.16 Å². The molecule has 0 unspecified atom stereocenters. The summed E-state index contributed by atoms with van der Waals surface area (Å²) in [5.74, 6) is 2.09. The van der Waals surface area contributed by atoms with Crippen molar-refractivity contribution in [3.8, 4) is 0 Å². The first-order valence-electron chi connectivity index (χ1n) is 9.13. The van der Waals surface area contributed by atoms with Gasteiger partial charge in [0.15, 0.2) is 0 Å². The first-order chi connectivity index (χ1) is 13.0. The van der Waals surface area contributed by atoms with Gasteiger partial charge in [-0.25, -0.2) is 4.98 Å². The van der Waals surface area contributed by atoms with E-state index >= 15 is 0 Å². The molecule has 0 spiro atoms. The molecular formula is C18H26N6O3. The Labute approximate surface area is 158 Å². The summed E-state index contributed by atoms with van der Waals surface area (Å²) >= 11 is 0. The Morgan fingerprint density at radius 1 is 1.19 bits per heavy atom. The number of ether oxygens (including phenoxy) is 1. The van der Waals surface area contributed by atoms with Crippen LogP contribution in [0, 0.1) is 20.8 Å². The lowest BCUT2D eigenvalue weighted by Crippen LogP contribution is -2.37. The number of anilines is 2. The Balaban J connectivity index is 1.47. The Kier molecular flexibility index (Phi) is 6.23. The number of hydrogen-bond acceptors (Lipinski definition) is 8. The molecule has 3 heterocycles. The maximum absolute atomic E-state index is 12.1. The second kappa shape index (κ2) is 8.81. The normalized spacial score (nSPS) is 14.3. The van der Waals surface area contributed by atoms with Gasteiger partial charge in [0.05, 0.1) is 25.3 Å². The van der Waals surface area contributed by atoms with Gasteiger partial charge >= 0.3 is 0 Å². The molecule has 2 aromatic rings. The van der Waals surface area contributed by atoms with E-state index in [9.17, 15) is 4.79 Å². The van der Waals surface area contributed by atoms with E-state index in [1.807, 2.05) is 26.8 Å². The molecule has 1 saturated heterocycles. The first kappa shape index (κ1) is 19.1. The van der Waals surface area contributed by atoms with Crippen LogP contribution in [-0.4, -0.2) is 60.4 Å². The van der Waals surface area contributed by atoms with Gasteiger partial charge in [0.1, 0.15) is 11.6 Å². The standard InChI is InChI=1S/C18H26N6O3/c1-12-10-16(24-6-8-26-9-7-24)22-18(21-12)20-5-4-19-17(25)11-15-13(2)23-27-14(15)3/h10H,4-9,11H2,1-3H3,(H,19,25)(H,20,21,22). The van der Waals surface area contributed by atoms with Crippen molar-refractivity contribution in [3.05, 3.63) is 28.8 Å². The van der Waals surface area contributed by atoms with Gasteiger partial charge in [0.25, 0.3) is 0 Å². The highest BCUT2D eigenvalue weighted by Gasteiger charge is 2.15. The molecule has 1 aliphatic heterocycles. The maximum atomic E-state index is 12.1. The van der Waals surface area contributed by atoms with E-state index in [0.29, 0.717) is 38.0 Å². The SMILES string of the molecule is Cc1cc(N2CCOCC2)nc(NCCNC(=O)Cc2c(C)noc2C)n1. The van der Waals surface area contributed by atoms with Gasteiger partial charge in [-0.2, -0.15) is 4.98 Å². The largest absolute Gasteiger partial charge is 0.378 e. The fourth-order valence-corrected chi connectivity index (χ4v) is 2.94. The zero-order chi connectivity index (χ0) is 19.2. The number of rotatable bonds is 7. The summed E-state index contributed by atoms with van der Waals surface area (Å²) in [6.07, 6.45) is 0.267. The summed E-state index contributed by atoms with van der Waals surface area (Å²) in [6.45, 7) is 9.69. The van der Waals surface area contributed by atoms with E-state index in [-0.39, 0.29) is 12.3 Å². The number of nitrogens with zero attached hydrogens (tertiary/aromatic N) is 4. The average molecular weight is 374 g/mol. The van der Waals surface area contributed by atoms with Crippen LogP contribution in [0.3, 0.4) is 0 Å². The molecule has 0 bridgehead atoms. The molecule has 0 radical (unpaired) electrons. The van der Waals surface area contributed by atoms with Gasteiger partial charge in [-0.15, -0.1) is 0 Å². The van der Waals surface area contributed by atoms with Crippen molar-refractivity contribution in [2.45, 2.75) is 27.2 Å². The second-order valence-electron chi connectivity index (χ2n) is 6.55. The maximum Gasteiger partial charge on any atom is 0.224 e. The summed E-state index contributed by atoms with van der Waals surface area (Å²) in [7, 11) is 0. The second-order valence-corrected chi connectivity index (χ2v) is 6.55. The molecule has 2 N–H and O–H groups in total. The predicted molar refractivity (Wildman–Crippen MR) is 101 cm³/mol. The lowest BCUT2D eigenvalue weighted by Gasteiger charge is -2.28. The third-order valence-electron chi connectivity index (χ3n) is 4.42. The zero-order valence-corrected chi connectivity index (χ0v) is 16.0. The smallest absolute Gasteiger partial charge is 0.224 e. The zero-order valence-electron chi connectivity index (χ0n) is 16.0. The summed E-state index contributed by atoms with van der Waals surface area (Å²) in [5, 5.41) is 9.93. The van der Waals surface area contributed by atoms with Crippen LogP contribution in [0.5, 0.6) is 0 Å². The Morgan fingerprint density at radius 2 is 1.96 bits per heavy atom. The third kappa shape index (κ3) is 5.16. The molecule has 0 aromatic carbocycles. The molecule has 27 heavy (non-hydrogen) atoms. The molecule has 146 valence electrons. The summed E-state index contributed by atoms with van der Waals surface area (Å²) < 4.78 is 10.5. The highest BCUT2D eigenvalue weighted by Crippen LogP contribution is 2.16. The lowest BCUT2D eigenvalue weighted by atomic mass is 10.1. The molecule has 1 fully saturated rings. The Hall–Kier alpha value is -2.68. The Bertz CT molecular complexity index is 766. The minimum atomic E-state index is -0.0645. The number of amides is 1. The van der Waals surface area contributed by atoms with Crippen LogP contribution in [0.4, 0.5) is 11.8 Å². The molecule has 0 atom stereocenters. The predicted octanol–water partition coefficient (Wildman–Crippen LogP) is 0.997. The topological polar surface area (TPSA) is 105 Å². The number of aryl methyl sites for hydroxylation is 3. The minimum Gasteiger partial charge on any atom is -0.378 e. The van der Waals surface area contributed by atoms with Gasteiger partial charge < -0.3 is 24.8 Å². The van der Waals surface area contributed by atoms with Crippen molar-refractivity contribution in [1.29, 1.82) is 0 Å². The fourth-order valence-electron chi connectivity index (χ4n) is 2.94. The number of carbonyl (C=O) groups is 1. The van der Waals surface area contributed by atoms with Gasteiger partial charge in [-0.3, -0.25) is 4.79 Å². The van der Waals surface area contributed by atoms with Crippen LogP contribution in [0.1, 0.15) is 22.7 Å². The van der Waals surface area contributed by atoms with Gasteiger partial charge in [0, 0.05) is 43.5 Å². The molecule has 9 nitrogen and oxygen atoms in total. The van der Waals surface area contributed by atoms with Gasteiger partial charge in [-0.05, 0) is 20.8 Å². The molecular weight excluding hydrogens is 348 g/mol. The number of carbonyl (C=O) groups excluding carboxylic acids is 1. The summed E-state index contributed by atoms with van der Waals surface area (Å²) in [6, 6.07) is 1.97. The fraction of sp³-hybridized carbons (Fsp3) is 0.556. The van der Waals surface area contributed by atoms with Crippen LogP contribution in [0.15, 0.2) is 10.6 Å². The minimum absolute atomic E-state index is 0.0645.